The number of rotatable bonds is 14. The van der Waals surface area contributed by atoms with Crippen LogP contribution in [-0.4, -0.2) is 25.2 Å². The van der Waals surface area contributed by atoms with Gasteiger partial charge in [0.2, 0.25) is 0 Å². The fourth-order valence-electron chi connectivity index (χ4n) is 2.99. The zero-order valence-corrected chi connectivity index (χ0v) is 19.4. The van der Waals surface area contributed by atoms with Crippen molar-refractivity contribution in [1.29, 1.82) is 0 Å². The van der Waals surface area contributed by atoms with E-state index in [2.05, 4.69) is 27.7 Å². The summed E-state index contributed by atoms with van der Waals surface area (Å²) in [4.78, 5) is 24.7. The number of carbonyl (C=O) groups is 2. The van der Waals surface area contributed by atoms with Crippen LogP contribution in [0.5, 0.6) is 0 Å². The van der Waals surface area contributed by atoms with Crippen LogP contribution in [0.1, 0.15) is 99.8 Å². The molecule has 0 saturated carbocycles. The van der Waals surface area contributed by atoms with Crippen LogP contribution >= 0.6 is 12.4 Å². The summed E-state index contributed by atoms with van der Waals surface area (Å²) in [7, 11) is 0. The molecule has 0 bridgehead atoms. The summed E-state index contributed by atoms with van der Waals surface area (Å²) in [5.41, 5.74) is 0.573. The van der Waals surface area contributed by atoms with Gasteiger partial charge in [0.1, 0.15) is 0 Å². The molecular weight excluding hydrogens is 388 g/mol. The van der Waals surface area contributed by atoms with Crippen molar-refractivity contribution in [1.82, 2.24) is 0 Å². The topological polar surface area (TPSA) is 52.6 Å². The Morgan fingerprint density at radius 3 is 1.41 bits per heavy atom. The quantitative estimate of drug-likeness (QED) is 0.241. The summed E-state index contributed by atoms with van der Waals surface area (Å²) in [5, 5.41) is 0. The van der Waals surface area contributed by atoms with E-state index in [1.165, 1.54) is 12.8 Å². The lowest BCUT2D eigenvalue weighted by Crippen LogP contribution is -2.15. The highest BCUT2D eigenvalue weighted by Crippen LogP contribution is 2.14. The standard InChI is InChI=1S/C24H38O4.ClH/c1-19(2)13-7-5-11-17-27-23(25)21-15-9-10-16-22(21)24(26)28-18-12-6-8-14-20(3)4;/h9-10,15-16,19-20H,5-8,11-14,17-18H2,1-4H3;1H. The monoisotopic (exact) mass is 426 g/mol. The predicted molar refractivity (Wildman–Crippen MR) is 121 cm³/mol. The Hall–Kier alpha value is -1.55. The molecule has 0 unspecified atom stereocenters. The highest BCUT2D eigenvalue weighted by Gasteiger charge is 2.18. The fraction of sp³-hybridized carbons (Fsp3) is 0.667. The summed E-state index contributed by atoms with van der Waals surface area (Å²) < 4.78 is 10.7. The molecule has 0 radical (unpaired) electrons. The van der Waals surface area contributed by atoms with Crippen molar-refractivity contribution in [2.45, 2.75) is 79.1 Å². The first-order valence-corrected chi connectivity index (χ1v) is 10.8. The molecule has 0 spiro atoms. The van der Waals surface area contributed by atoms with E-state index in [-0.39, 0.29) is 23.5 Å². The van der Waals surface area contributed by atoms with Crippen LogP contribution in [0.2, 0.25) is 0 Å². The summed E-state index contributed by atoms with van der Waals surface area (Å²) in [6, 6.07) is 6.73. The van der Waals surface area contributed by atoms with E-state index in [1.54, 1.807) is 24.3 Å². The second-order valence-corrected chi connectivity index (χ2v) is 8.30. The van der Waals surface area contributed by atoms with E-state index < -0.39 is 11.9 Å². The van der Waals surface area contributed by atoms with E-state index >= 15 is 0 Å². The lowest BCUT2D eigenvalue weighted by molar-refractivity contribution is 0.0450. The normalized spacial score (nSPS) is 10.7. The van der Waals surface area contributed by atoms with Crippen LogP contribution < -0.4 is 0 Å². The van der Waals surface area contributed by atoms with Crippen molar-refractivity contribution < 1.29 is 19.1 Å². The SMILES string of the molecule is CC(C)CCCCCOC(=O)c1ccccc1C(=O)OCCCCCC(C)C.Cl. The largest absolute Gasteiger partial charge is 0.462 e. The molecule has 5 heteroatoms. The third-order valence-corrected chi connectivity index (χ3v) is 4.68. The molecule has 0 aliphatic heterocycles. The Morgan fingerprint density at radius 2 is 1.07 bits per heavy atom. The highest BCUT2D eigenvalue weighted by atomic mass is 35.5. The number of ether oxygens (including phenoxy) is 2. The molecule has 1 aromatic carbocycles. The van der Waals surface area contributed by atoms with Crippen LogP contribution in [0.15, 0.2) is 24.3 Å². The van der Waals surface area contributed by atoms with Crippen molar-refractivity contribution in [3.05, 3.63) is 35.4 Å². The summed E-state index contributed by atoms with van der Waals surface area (Å²) in [5.74, 6) is 0.507. The van der Waals surface area contributed by atoms with Crippen LogP contribution in [0, 0.1) is 11.8 Å². The van der Waals surface area contributed by atoms with Gasteiger partial charge in [0.05, 0.1) is 24.3 Å². The predicted octanol–water partition coefficient (Wildman–Crippen LogP) is 6.85. The maximum absolute atomic E-state index is 12.4. The van der Waals surface area contributed by atoms with Gasteiger partial charge in [-0.15, -0.1) is 12.4 Å². The summed E-state index contributed by atoms with van der Waals surface area (Å²) in [6.07, 6.45) is 8.48. The lowest BCUT2D eigenvalue weighted by Gasteiger charge is -2.10. The molecular formula is C24H39ClO4. The van der Waals surface area contributed by atoms with Gasteiger partial charge in [-0.2, -0.15) is 0 Å². The minimum Gasteiger partial charge on any atom is -0.462 e. The minimum absolute atomic E-state index is 0. The van der Waals surface area contributed by atoms with E-state index in [1.807, 2.05) is 0 Å². The number of hydrogen-bond donors (Lipinski definition) is 0. The maximum atomic E-state index is 12.4. The molecule has 0 N–H and O–H groups in total. The number of hydrogen-bond acceptors (Lipinski definition) is 4. The Balaban J connectivity index is 0.00000784. The molecule has 166 valence electrons. The van der Waals surface area contributed by atoms with Crippen molar-refractivity contribution in [3.8, 4) is 0 Å². The van der Waals surface area contributed by atoms with Gasteiger partial charge < -0.3 is 9.47 Å². The zero-order chi connectivity index (χ0) is 20.8. The van der Waals surface area contributed by atoms with Gasteiger partial charge in [0.25, 0.3) is 0 Å². The molecule has 29 heavy (non-hydrogen) atoms. The van der Waals surface area contributed by atoms with Crippen LogP contribution in [0.25, 0.3) is 0 Å². The fourth-order valence-corrected chi connectivity index (χ4v) is 2.99. The third kappa shape index (κ3) is 12.6. The van der Waals surface area contributed by atoms with Gasteiger partial charge in [-0.25, -0.2) is 9.59 Å². The van der Waals surface area contributed by atoms with Gasteiger partial charge in [-0.05, 0) is 36.8 Å². The van der Waals surface area contributed by atoms with Crippen LogP contribution in [-0.2, 0) is 9.47 Å². The summed E-state index contributed by atoms with van der Waals surface area (Å²) in [6.45, 7) is 9.61. The average Bonchev–Trinajstić information content (AvgIpc) is 2.66. The lowest BCUT2D eigenvalue weighted by atomic mass is 10.1. The van der Waals surface area contributed by atoms with Gasteiger partial charge in [0, 0.05) is 0 Å². The van der Waals surface area contributed by atoms with E-state index in [0.717, 1.165) is 38.5 Å². The van der Waals surface area contributed by atoms with Crippen molar-refractivity contribution in [3.63, 3.8) is 0 Å². The number of unbranched alkanes of at least 4 members (excludes halogenated alkanes) is 4. The highest BCUT2D eigenvalue weighted by molar-refractivity contribution is 6.03. The molecule has 0 aliphatic carbocycles. The number of esters is 2. The first-order chi connectivity index (χ1) is 13.4. The molecule has 0 heterocycles. The second-order valence-electron chi connectivity index (χ2n) is 8.30. The van der Waals surface area contributed by atoms with E-state index in [9.17, 15) is 9.59 Å². The van der Waals surface area contributed by atoms with Gasteiger partial charge in [0.15, 0.2) is 0 Å². The summed E-state index contributed by atoms with van der Waals surface area (Å²) >= 11 is 0. The first-order valence-electron chi connectivity index (χ1n) is 10.8. The second kappa shape index (κ2) is 16.3. The zero-order valence-electron chi connectivity index (χ0n) is 18.6. The molecule has 4 nitrogen and oxygen atoms in total. The minimum atomic E-state index is -0.451. The van der Waals surface area contributed by atoms with Crippen molar-refractivity contribution >= 4 is 24.3 Å². The average molecular weight is 427 g/mol. The van der Waals surface area contributed by atoms with Gasteiger partial charge in [-0.1, -0.05) is 78.4 Å². The first kappa shape index (κ1) is 27.5. The Morgan fingerprint density at radius 1 is 0.690 bits per heavy atom. The van der Waals surface area contributed by atoms with Gasteiger partial charge in [-0.3, -0.25) is 0 Å². The number of carbonyl (C=O) groups excluding carboxylic acids is 2. The molecule has 0 amide bonds. The van der Waals surface area contributed by atoms with E-state index in [0.29, 0.717) is 25.0 Å². The number of benzene rings is 1. The number of halogens is 1. The van der Waals surface area contributed by atoms with E-state index in [4.69, 9.17) is 9.47 Å². The Labute approximate surface area is 183 Å². The third-order valence-electron chi connectivity index (χ3n) is 4.68. The Kier molecular flexibility index (Phi) is 15.4. The molecule has 1 rings (SSSR count). The molecule has 0 saturated heterocycles. The molecule has 0 fully saturated rings. The van der Waals surface area contributed by atoms with Crippen molar-refractivity contribution in [2.75, 3.05) is 13.2 Å². The van der Waals surface area contributed by atoms with Crippen LogP contribution in [0.4, 0.5) is 0 Å². The molecule has 0 atom stereocenters. The molecule has 1 aromatic rings. The smallest absolute Gasteiger partial charge is 0.339 e. The van der Waals surface area contributed by atoms with Gasteiger partial charge >= 0.3 is 11.9 Å². The maximum Gasteiger partial charge on any atom is 0.339 e. The van der Waals surface area contributed by atoms with Crippen LogP contribution in [0.3, 0.4) is 0 Å². The Bertz CT molecular complexity index is 533. The molecule has 0 aromatic heterocycles. The molecule has 0 aliphatic rings. The van der Waals surface area contributed by atoms with Crippen molar-refractivity contribution in [2.24, 2.45) is 11.8 Å².